The van der Waals surface area contributed by atoms with E-state index in [-0.39, 0.29) is 23.6 Å². The maximum absolute atomic E-state index is 12.8. The number of rotatable bonds is 4. The van der Waals surface area contributed by atoms with Gasteiger partial charge in [-0.3, -0.25) is 9.59 Å². The zero-order chi connectivity index (χ0) is 17.1. The van der Waals surface area contributed by atoms with Crippen LogP contribution >= 0.6 is 0 Å². The van der Waals surface area contributed by atoms with Gasteiger partial charge in [-0.25, -0.2) is 4.98 Å². The molecule has 0 saturated heterocycles. The molecule has 0 aliphatic carbocycles. The molecule has 1 aliphatic rings. The summed E-state index contributed by atoms with van der Waals surface area (Å²) in [5.74, 6) is -0.418. The number of carbonyl (C=O) groups excluding carboxylic acids is 2. The molecule has 1 aliphatic heterocycles. The summed E-state index contributed by atoms with van der Waals surface area (Å²) in [6.07, 6.45) is 1.69. The van der Waals surface area contributed by atoms with Gasteiger partial charge in [0, 0.05) is 18.3 Å². The third-order valence-electron chi connectivity index (χ3n) is 4.32. The molecule has 0 saturated carbocycles. The molecule has 1 atom stereocenters. The lowest BCUT2D eigenvalue weighted by molar-refractivity contribution is 0.0934. The molecule has 1 N–H and O–H groups in total. The molecule has 0 bridgehead atoms. The molecule has 3 rings (SSSR count). The van der Waals surface area contributed by atoms with Gasteiger partial charge < -0.3 is 10.2 Å². The molecule has 24 heavy (non-hydrogen) atoms. The number of amides is 2. The van der Waals surface area contributed by atoms with E-state index in [0.717, 1.165) is 24.1 Å². The number of anilines is 1. The Balaban J connectivity index is 1.82. The van der Waals surface area contributed by atoms with Crippen LogP contribution in [0.25, 0.3) is 0 Å². The maximum Gasteiger partial charge on any atom is 0.276 e. The minimum atomic E-state index is -0.249. The third kappa shape index (κ3) is 3.15. The molecule has 2 heterocycles. The van der Waals surface area contributed by atoms with E-state index < -0.39 is 0 Å². The summed E-state index contributed by atoms with van der Waals surface area (Å²) < 4.78 is 0. The topological polar surface area (TPSA) is 62.3 Å². The van der Waals surface area contributed by atoms with Crippen molar-refractivity contribution in [2.45, 2.75) is 32.7 Å². The molecule has 2 amide bonds. The summed E-state index contributed by atoms with van der Waals surface area (Å²) in [5.41, 5.74) is 2.66. The number of hydrogen-bond acceptors (Lipinski definition) is 3. The first kappa shape index (κ1) is 16.2. The molecule has 5 heteroatoms. The number of nitrogens with zero attached hydrogens (tertiary/aromatic N) is 2. The van der Waals surface area contributed by atoms with Crippen LogP contribution in [-0.2, 0) is 6.42 Å². The average molecular weight is 323 g/mol. The predicted molar refractivity (Wildman–Crippen MR) is 93.3 cm³/mol. The Morgan fingerprint density at radius 1 is 1.17 bits per heavy atom. The molecule has 124 valence electrons. The number of hydrogen-bond donors (Lipinski definition) is 1. The van der Waals surface area contributed by atoms with Gasteiger partial charge in [0.05, 0.1) is 0 Å². The molecule has 0 fully saturated rings. The highest BCUT2D eigenvalue weighted by Crippen LogP contribution is 2.28. The summed E-state index contributed by atoms with van der Waals surface area (Å²) in [4.78, 5) is 31.0. The van der Waals surface area contributed by atoms with E-state index in [0.29, 0.717) is 12.2 Å². The van der Waals surface area contributed by atoms with E-state index in [1.165, 1.54) is 0 Å². The van der Waals surface area contributed by atoms with Crippen LogP contribution < -0.4 is 10.2 Å². The first-order valence-electron chi connectivity index (χ1n) is 8.28. The van der Waals surface area contributed by atoms with Gasteiger partial charge in [0.1, 0.15) is 11.4 Å². The first-order chi connectivity index (χ1) is 11.6. The Morgan fingerprint density at radius 2 is 1.92 bits per heavy atom. The van der Waals surface area contributed by atoms with Crippen LogP contribution in [-0.4, -0.2) is 29.4 Å². The first-order valence-corrected chi connectivity index (χ1v) is 8.28. The van der Waals surface area contributed by atoms with Gasteiger partial charge in [-0.1, -0.05) is 31.2 Å². The highest BCUT2D eigenvalue weighted by atomic mass is 16.2. The monoisotopic (exact) mass is 323 g/mol. The van der Waals surface area contributed by atoms with Crippen molar-refractivity contribution in [1.82, 2.24) is 10.3 Å². The van der Waals surface area contributed by atoms with E-state index >= 15 is 0 Å². The number of para-hydroxylation sites is 1. The van der Waals surface area contributed by atoms with Gasteiger partial charge in [0.2, 0.25) is 0 Å². The molecular weight excluding hydrogens is 302 g/mol. The van der Waals surface area contributed by atoms with Crippen LogP contribution in [0.5, 0.6) is 0 Å². The molecule has 0 radical (unpaired) electrons. The summed E-state index contributed by atoms with van der Waals surface area (Å²) in [6.45, 7) is 4.58. The lowest BCUT2D eigenvalue weighted by atomic mass is 10.2. The van der Waals surface area contributed by atoms with Crippen LogP contribution in [0.4, 0.5) is 5.69 Å². The minimum Gasteiger partial charge on any atom is -0.348 e. The Hall–Kier alpha value is -2.69. The van der Waals surface area contributed by atoms with Crippen molar-refractivity contribution in [3.05, 3.63) is 59.4 Å². The van der Waals surface area contributed by atoms with Crippen LogP contribution in [0.2, 0.25) is 0 Å². The highest BCUT2D eigenvalue weighted by Gasteiger charge is 2.26. The van der Waals surface area contributed by atoms with Crippen molar-refractivity contribution in [2.75, 3.05) is 11.4 Å². The quantitative estimate of drug-likeness (QED) is 0.941. The number of aromatic nitrogens is 1. The van der Waals surface area contributed by atoms with Gasteiger partial charge >= 0.3 is 0 Å². The normalized spacial score (nSPS) is 14.2. The molecule has 1 unspecified atom stereocenters. The number of pyridine rings is 1. The SMILES string of the molecule is CCC(C)NC(=O)c1cccc(C(=O)N2CCc3ccccc32)n1. The van der Waals surface area contributed by atoms with Crippen molar-refractivity contribution in [2.24, 2.45) is 0 Å². The minimum absolute atomic E-state index is 0.0733. The van der Waals surface area contributed by atoms with Crippen molar-refractivity contribution in [1.29, 1.82) is 0 Å². The van der Waals surface area contributed by atoms with E-state index in [1.54, 1.807) is 23.1 Å². The van der Waals surface area contributed by atoms with Gasteiger partial charge in [-0.2, -0.15) is 0 Å². The van der Waals surface area contributed by atoms with Crippen LogP contribution in [0.15, 0.2) is 42.5 Å². The van der Waals surface area contributed by atoms with E-state index in [9.17, 15) is 9.59 Å². The van der Waals surface area contributed by atoms with Gasteiger partial charge in [0.15, 0.2) is 0 Å². The Kier molecular flexibility index (Phi) is 4.60. The smallest absolute Gasteiger partial charge is 0.276 e. The van der Waals surface area contributed by atoms with E-state index in [1.807, 2.05) is 38.1 Å². The summed E-state index contributed by atoms with van der Waals surface area (Å²) >= 11 is 0. The standard InChI is InChI=1S/C19H21N3O2/c1-3-13(2)20-18(23)15-8-6-9-16(21-15)19(24)22-12-11-14-7-4-5-10-17(14)22/h4-10,13H,3,11-12H2,1-2H3,(H,20,23). The fourth-order valence-electron chi connectivity index (χ4n) is 2.77. The molecular formula is C19H21N3O2. The molecule has 0 spiro atoms. The van der Waals surface area contributed by atoms with Crippen molar-refractivity contribution >= 4 is 17.5 Å². The van der Waals surface area contributed by atoms with Crippen molar-refractivity contribution in [3.8, 4) is 0 Å². The second-order valence-corrected chi connectivity index (χ2v) is 6.03. The van der Waals surface area contributed by atoms with Gasteiger partial charge in [0.25, 0.3) is 11.8 Å². The number of carbonyl (C=O) groups is 2. The Morgan fingerprint density at radius 3 is 2.71 bits per heavy atom. The largest absolute Gasteiger partial charge is 0.348 e. The zero-order valence-electron chi connectivity index (χ0n) is 14.0. The summed E-state index contributed by atoms with van der Waals surface area (Å²) in [6, 6.07) is 12.9. The third-order valence-corrected chi connectivity index (χ3v) is 4.32. The second-order valence-electron chi connectivity index (χ2n) is 6.03. The molecule has 1 aromatic carbocycles. The summed E-state index contributed by atoms with van der Waals surface area (Å²) in [5, 5.41) is 2.87. The number of fused-ring (bicyclic) bond motifs is 1. The van der Waals surface area contributed by atoms with E-state index in [2.05, 4.69) is 10.3 Å². The molecule has 2 aromatic rings. The van der Waals surface area contributed by atoms with Crippen molar-refractivity contribution < 1.29 is 9.59 Å². The lowest BCUT2D eigenvalue weighted by Gasteiger charge is -2.17. The highest BCUT2D eigenvalue weighted by molar-refractivity contribution is 6.06. The molecule has 1 aromatic heterocycles. The van der Waals surface area contributed by atoms with Crippen LogP contribution in [0, 0.1) is 0 Å². The molecule has 5 nitrogen and oxygen atoms in total. The Bertz CT molecular complexity index is 773. The van der Waals surface area contributed by atoms with E-state index in [4.69, 9.17) is 0 Å². The van der Waals surface area contributed by atoms with Crippen molar-refractivity contribution in [3.63, 3.8) is 0 Å². The summed E-state index contributed by atoms with van der Waals surface area (Å²) in [7, 11) is 0. The lowest BCUT2D eigenvalue weighted by Crippen LogP contribution is -2.34. The average Bonchev–Trinajstić information content (AvgIpc) is 3.05. The van der Waals surface area contributed by atoms with Gasteiger partial charge in [-0.05, 0) is 43.5 Å². The fraction of sp³-hybridized carbons (Fsp3) is 0.316. The zero-order valence-corrected chi connectivity index (χ0v) is 14.0. The van der Waals surface area contributed by atoms with Crippen LogP contribution in [0.1, 0.15) is 46.8 Å². The van der Waals surface area contributed by atoms with Gasteiger partial charge in [-0.15, -0.1) is 0 Å². The fourth-order valence-corrected chi connectivity index (χ4v) is 2.77. The Labute approximate surface area is 141 Å². The maximum atomic E-state index is 12.8. The number of nitrogens with one attached hydrogen (secondary N) is 1. The number of benzene rings is 1. The van der Waals surface area contributed by atoms with Crippen LogP contribution in [0.3, 0.4) is 0 Å². The predicted octanol–water partition coefficient (Wildman–Crippen LogP) is 2.81. The second kappa shape index (κ2) is 6.83.